The third kappa shape index (κ3) is 3.60. The van der Waals surface area contributed by atoms with Crippen molar-refractivity contribution in [3.05, 3.63) is 29.0 Å². The van der Waals surface area contributed by atoms with Crippen molar-refractivity contribution in [1.82, 2.24) is 20.3 Å². The molecular formula is C14H18ClN5OS. The lowest BCUT2D eigenvalue weighted by Gasteiger charge is -2.15. The molecule has 6 nitrogen and oxygen atoms in total. The highest BCUT2D eigenvalue weighted by molar-refractivity contribution is 7.17. The number of hydrogen-bond acceptors (Lipinski definition) is 6. The molecule has 3 N–H and O–H groups in total. The number of nitrogens with zero attached hydrogens (tertiary/aromatic N) is 3. The number of aryl methyl sites for hydroxylation is 1. The average molecular weight is 340 g/mol. The van der Waals surface area contributed by atoms with E-state index in [1.165, 1.54) is 11.3 Å². The molecule has 1 amide bonds. The molecule has 1 fully saturated rings. The molecule has 118 valence electrons. The lowest BCUT2D eigenvalue weighted by Crippen LogP contribution is -2.41. The van der Waals surface area contributed by atoms with Crippen molar-refractivity contribution in [2.45, 2.75) is 25.8 Å². The molecule has 0 spiro atoms. The quantitative estimate of drug-likeness (QED) is 0.866. The van der Waals surface area contributed by atoms with Crippen LogP contribution in [-0.2, 0) is 0 Å². The van der Waals surface area contributed by atoms with Crippen LogP contribution in [-0.4, -0.2) is 33.4 Å². The van der Waals surface area contributed by atoms with Crippen LogP contribution in [0.4, 0.5) is 0 Å². The summed E-state index contributed by atoms with van der Waals surface area (Å²) in [7, 11) is 0. The van der Waals surface area contributed by atoms with E-state index in [9.17, 15) is 4.79 Å². The Morgan fingerprint density at radius 1 is 1.45 bits per heavy atom. The molecule has 3 rings (SSSR count). The van der Waals surface area contributed by atoms with Gasteiger partial charge in [0.05, 0.1) is 5.69 Å². The minimum atomic E-state index is -0.102. The van der Waals surface area contributed by atoms with E-state index >= 15 is 0 Å². The van der Waals surface area contributed by atoms with Gasteiger partial charge in [0.25, 0.3) is 5.91 Å². The molecule has 0 saturated heterocycles. The van der Waals surface area contributed by atoms with E-state index in [-0.39, 0.29) is 24.4 Å². The maximum atomic E-state index is 12.4. The third-order valence-corrected chi connectivity index (χ3v) is 4.67. The number of amides is 1. The molecule has 22 heavy (non-hydrogen) atoms. The highest BCUT2D eigenvalue weighted by Crippen LogP contribution is 2.32. The van der Waals surface area contributed by atoms with Gasteiger partial charge in [-0.3, -0.25) is 4.79 Å². The summed E-state index contributed by atoms with van der Waals surface area (Å²) in [6, 6.07) is 1.81. The second-order valence-corrected chi connectivity index (χ2v) is 6.16. The van der Waals surface area contributed by atoms with Gasteiger partial charge >= 0.3 is 0 Å². The summed E-state index contributed by atoms with van der Waals surface area (Å²) in [6.45, 7) is 2.30. The van der Waals surface area contributed by atoms with Gasteiger partial charge in [-0.25, -0.2) is 15.0 Å². The van der Waals surface area contributed by atoms with Gasteiger partial charge in [0.1, 0.15) is 4.88 Å². The zero-order valence-corrected chi connectivity index (χ0v) is 13.8. The standard InChI is InChI=1S/C14H17N5OS.ClH/c1-8-11(13(20)19-10(7-15)9-3-4-9)21-14(18-8)12-16-5-2-6-17-12;/h2,5-6,9-10H,3-4,7,15H2,1H3,(H,19,20);1H. The average Bonchev–Trinajstić information content (AvgIpc) is 3.27. The van der Waals surface area contributed by atoms with E-state index in [2.05, 4.69) is 20.3 Å². The largest absolute Gasteiger partial charge is 0.347 e. The Kier molecular flexibility index (Phi) is 5.44. The van der Waals surface area contributed by atoms with Gasteiger partial charge in [-0.2, -0.15) is 0 Å². The van der Waals surface area contributed by atoms with Gasteiger partial charge in [0.15, 0.2) is 10.8 Å². The van der Waals surface area contributed by atoms with Crippen LogP contribution in [0.3, 0.4) is 0 Å². The summed E-state index contributed by atoms with van der Waals surface area (Å²) in [5.41, 5.74) is 6.43. The fourth-order valence-electron chi connectivity index (χ4n) is 2.21. The molecule has 1 atom stereocenters. The number of rotatable bonds is 5. The SMILES string of the molecule is Cc1nc(-c2ncccn2)sc1C(=O)NC(CN)C1CC1.Cl. The third-order valence-electron chi connectivity index (χ3n) is 3.52. The van der Waals surface area contributed by atoms with Crippen molar-refractivity contribution in [3.8, 4) is 10.8 Å². The van der Waals surface area contributed by atoms with Gasteiger partial charge in [-0.05, 0) is 31.7 Å². The maximum Gasteiger partial charge on any atom is 0.263 e. The monoisotopic (exact) mass is 339 g/mol. The molecule has 1 aliphatic rings. The molecule has 0 bridgehead atoms. The lowest BCUT2D eigenvalue weighted by atomic mass is 10.2. The van der Waals surface area contributed by atoms with Gasteiger partial charge in [-0.15, -0.1) is 23.7 Å². The number of thiazole rings is 1. The fourth-order valence-corrected chi connectivity index (χ4v) is 3.13. The van der Waals surface area contributed by atoms with E-state index in [0.29, 0.717) is 33.9 Å². The second-order valence-electron chi connectivity index (χ2n) is 5.16. The minimum absolute atomic E-state index is 0. The summed E-state index contributed by atoms with van der Waals surface area (Å²) in [5, 5.41) is 3.68. The van der Waals surface area contributed by atoms with E-state index < -0.39 is 0 Å². The molecular weight excluding hydrogens is 322 g/mol. The molecule has 0 aromatic carbocycles. The molecule has 2 aromatic heterocycles. The predicted octanol–water partition coefficient (Wildman–Crippen LogP) is 1.80. The van der Waals surface area contributed by atoms with Crippen molar-refractivity contribution in [1.29, 1.82) is 0 Å². The summed E-state index contributed by atoms with van der Waals surface area (Å²) >= 11 is 1.32. The van der Waals surface area contributed by atoms with Crippen LogP contribution in [0.15, 0.2) is 18.5 Å². The zero-order valence-electron chi connectivity index (χ0n) is 12.2. The summed E-state index contributed by atoms with van der Waals surface area (Å²) in [4.78, 5) is 25.7. The number of aromatic nitrogens is 3. The maximum absolute atomic E-state index is 12.4. The Morgan fingerprint density at radius 3 is 2.73 bits per heavy atom. The Hall–Kier alpha value is -1.57. The van der Waals surface area contributed by atoms with Crippen molar-refractivity contribution in [2.75, 3.05) is 6.54 Å². The number of nitrogens with two attached hydrogens (primary N) is 1. The van der Waals surface area contributed by atoms with Crippen molar-refractivity contribution < 1.29 is 4.79 Å². The molecule has 2 heterocycles. The first-order valence-electron chi connectivity index (χ1n) is 6.94. The van der Waals surface area contributed by atoms with E-state index in [1.807, 2.05) is 6.92 Å². The minimum Gasteiger partial charge on any atom is -0.347 e. The van der Waals surface area contributed by atoms with Crippen LogP contribution in [0.1, 0.15) is 28.2 Å². The highest BCUT2D eigenvalue weighted by atomic mass is 35.5. The second kappa shape index (κ2) is 7.13. The normalized spacial score (nSPS) is 15.0. The first-order chi connectivity index (χ1) is 10.2. The van der Waals surface area contributed by atoms with Gasteiger partial charge in [-0.1, -0.05) is 0 Å². The molecule has 1 saturated carbocycles. The number of carbonyl (C=O) groups excluding carboxylic acids is 1. The first kappa shape index (κ1) is 16.8. The van der Waals surface area contributed by atoms with Gasteiger partial charge in [0.2, 0.25) is 0 Å². The van der Waals surface area contributed by atoms with Crippen LogP contribution < -0.4 is 11.1 Å². The molecule has 8 heteroatoms. The Morgan fingerprint density at radius 2 is 2.14 bits per heavy atom. The van der Waals surface area contributed by atoms with Gasteiger partial charge < -0.3 is 11.1 Å². The van der Waals surface area contributed by atoms with Crippen molar-refractivity contribution in [2.24, 2.45) is 11.7 Å². The Balaban J connectivity index is 0.00000176. The number of hydrogen-bond donors (Lipinski definition) is 2. The van der Waals surface area contributed by atoms with Crippen LogP contribution in [0.25, 0.3) is 10.8 Å². The highest BCUT2D eigenvalue weighted by Gasteiger charge is 2.32. The summed E-state index contributed by atoms with van der Waals surface area (Å²) in [6.07, 6.45) is 5.62. The summed E-state index contributed by atoms with van der Waals surface area (Å²) in [5.74, 6) is 0.973. The van der Waals surface area contributed by atoms with Crippen LogP contribution in [0, 0.1) is 12.8 Å². The predicted molar refractivity (Wildman–Crippen MR) is 88.2 cm³/mol. The number of nitrogens with one attached hydrogen (secondary N) is 1. The Bertz CT molecular complexity index is 644. The molecule has 1 unspecified atom stereocenters. The molecule has 2 aromatic rings. The first-order valence-corrected chi connectivity index (χ1v) is 7.76. The van der Waals surface area contributed by atoms with Gasteiger partial charge in [0, 0.05) is 25.0 Å². The van der Waals surface area contributed by atoms with E-state index in [0.717, 1.165) is 12.8 Å². The van der Waals surface area contributed by atoms with E-state index in [1.54, 1.807) is 18.5 Å². The van der Waals surface area contributed by atoms with Crippen LogP contribution >= 0.6 is 23.7 Å². The molecule has 1 aliphatic carbocycles. The molecule has 0 aliphatic heterocycles. The van der Waals surface area contributed by atoms with E-state index in [4.69, 9.17) is 5.73 Å². The molecule has 0 radical (unpaired) electrons. The van der Waals surface area contributed by atoms with Crippen molar-refractivity contribution >= 4 is 29.7 Å². The number of carbonyl (C=O) groups is 1. The number of halogens is 1. The van der Waals surface area contributed by atoms with Crippen LogP contribution in [0.2, 0.25) is 0 Å². The van der Waals surface area contributed by atoms with Crippen molar-refractivity contribution in [3.63, 3.8) is 0 Å². The zero-order chi connectivity index (χ0) is 14.8. The smallest absolute Gasteiger partial charge is 0.263 e. The fraction of sp³-hybridized carbons (Fsp3) is 0.429. The summed E-state index contributed by atoms with van der Waals surface area (Å²) < 4.78 is 0. The lowest BCUT2D eigenvalue weighted by molar-refractivity contribution is 0.0937. The Labute approximate surface area is 139 Å². The van der Waals surface area contributed by atoms with Crippen LogP contribution in [0.5, 0.6) is 0 Å². The topological polar surface area (TPSA) is 93.8 Å².